The van der Waals surface area contributed by atoms with Gasteiger partial charge < -0.3 is 19.9 Å². The molecule has 0 saturated heterocycles. The molecule has 0 atom stereocenters. The van der Waals surface area contributed by atoms with Gasteiger partial charge in [-0.2, -0.15) is 5.10 Å². The van der Waals surface area contributed by atoms with Crippen LogP contribution in [0.2, 0.25) is 5.02 Å². The molecule has 1 rings (SSSR count). The minimum atomic E-state index is -0.788. The molecule has 22 heavy (non-hydrogen) atoms. The maximum Gasteiger partial charge on any atom is 0.344 e. The van der Waals surface area contributed by atoms with Crippen LogP contribution in [0.5, 0.6) is 11.5 Å². The third kappa shape index (κ3) is 5.49. The molecule has 0 radical (unpaired) electrons. The van der Waals surface area contributed by atoms with Crippen LogP contribution in [-0.2, 0) is 9.53 Å². The lowest BCUT2D eigenvalue weighted by molar-refractivity contribution is -0.145. The summed E-state index contributed by atoms with van der Waals surface area (Å²) in [7, 11) is 1.42. The van der Waals surface area contributed by atoms with Crippen molar-refractivity contribution in [1.29, 1.82) is 0 Å². The largest absolute Gasteiger partial charge is 0.493 e. The number of hydrogen-bond acceptors (Lipinski definition) is 6. The highest BCUT2D eigenvalue weighted by Crippen LogP contribution is 2.36. The van der Waals surface area contributed by atoms with Crippen molar-refractivity contribution in [2.45, 2.75) is 6.92 Å². The van der Waals surface area contributed by atoms with Gasteiger partial charge in [0.05, 0.1) is 25.0 Å². The second-order valence-electron chi connectivity index (χ2n) is 3.86. The number of halogens is 1. The average Bonchev–Trinajstić information content (AvgIpc) is 2.45. The van der Waals surface area contributed by atoms with E-state index in [1.165, 1.54) is 19.4 Å². The summed E-state index contributed by atoms with van der Waals surface area (Å²) in [5.74, 6) is -0.00790. The Bertz CT molecular complexity index is 577. The van der Waals surface area contributed by atoms with E-state index in [9.17, 15) is 9.59 Å². The van der Waals surface area contributed by atoms with Gasteiger partial charge in [-0.3, -0.25) is 0 Å². The van der Waals surface area contributed by atoms with Crippen LogP contribution in [0.3, 0.4) is 0 Å². The molecule has 3 N–H and O–H groups in total. The van der Waals surface area contributed by atoms with Gasteiger partial charge in [-0.15, -0.1) is 0 Å². The van der Waals surface area contributed by atoms with E-state index in [4.69, 9.17) is 31.5 Å². The van der Waals surface area contributed by atoms with E-state index < -0.39 is 12.0 Å². The van der Waals surface area contributed by atoms with Gasteiger partial charge in [-0.1, -0.05) is 11.6 Å². The highest BCUT2D eigenvalue weighted by Gasteiger charge is 2.13. The van der Waals surface area contributed by atoms with Crippen molar-refractivity contribution >= 4 is 29.8 Å². The molecule has 120 valence electrons. The van der Waals surface area contributed by atoms with Gasteiger partial charge in [-0.05, 0) is 24.6 Å². The minimum absolute atomic E-state index is 0.206. The predicted octanol–water partition coefficient (Wildman–Crippen LogP) is 1.29. The number of nitrogens with one attached hydrogen (secondary N) is 1. The van der Waals surface area contributed by atoms with Crippen molar-refractivity contribution in [1.82, 2.24) is 5.43 Å². The van der Waals surface area contributed by atoms with E-state index >= 15 is 0 Å². The number of primary amides is 1. The maximum absolute atomic E-state index is 11.3. The van der Waals surface area contributed by atoms with Gasteiger partial charge in [0.15, 0.2) is 18.1 Å². The number of carbonyl (C=O) groups excluding carboxylic acids is 2. The monoisotopic (exact) mass is 329 g/mol. The van der Waals surface area contributed by atoms with Crippen molar-refractivity contribution in [2.75, 3.05) is 20.3 Å². The summed E-state index contributed by atoms with van der Waals surface area (Å²) in [6.45, 7) is 1.66. The topological polar surface area (TPSA) is 112 Å². The standard InChI is InChI=1S/C13H16ClN3O5/c1-3-21-11(18)7-22-12-9(14)4-8(5-10(12)20-2)6-16-17-13(15)19/h4-6H,3,7H2,1-2H3,(H3,15,17,19). The summed E-state index contributed by atoms with van der Waals surface area (Å²) in [5.41, 5.74) is 7.47. The first kappa shape index (κ1) is 17.6. The van der Waals surface area contributed by atoms with Crippen LogP contribution >= 0.6 is 11.6 Å². The summed E-state index contributed by atoms with van der Waals surface area (Å²) in [6.07, 6.45) is 1.33. The summed E-state index contributed by atoms with van der Waals surface area (Å²) in [4.78, 5) is 21.8. The molecule has 0 spiro atoms. The number of benzene rings is 1. The molecule has 0 aromatic heterocycles. The number of ether oxygens (including phenoxy) is 3. The van der Waals surface area contributed by atoms with Gasteiger partial charge in [-0.25, -0.2) is 15.0 Å². The maximum atomic E-state index is 11.3. The Morgan fingerprint density at radius 2 is 2.18 bits per heavy atom. The van der Waals surface area contributed by atoms with E-state index in [0.29, 0.717) is 11.3 Å². The normalized spacial score (nSPS) is 10.3. The second-order valence-corrected chi connectivity index (χ2v) is 4.27. The molecule has 0 aliphatic heterocycles. The lowest BCUT2D eigenvalue weighted by atomic mass is 10.2. The van der Waals surface area contributed by atoms with Crippen molar-refractivity contribution in [3.05, 3.63) is 22.7 Å². The molecule has 0 aliphatic carbocycles. The fraction of sp³-hybridized carbons (Fsp3) is 0.308. The summed E-state index contributed by atoms with van der Waals surface area (Å²) in [5, 5.41) is 3.82. The molecule has 8 nitrogen and oxygen atoms in total. The van der Waals surface area contributed by atoms with E-state index in [1.54, 1.807) is 13.0 Å². The van der Waals surface area contributed by atoms with E-state index in [1.807, 2.05) is 0 Å². The lowest BCUT2D eigenvalue weighted by Crippen LogP contribution is -2.24. The zero-order valence-electron chi connectivity index (χ0n) is 12.1. The van der Waals surface area contributed by atoms with Crippen LogP contribution in [0, 0.1) is 0 Å². The predicted molar refractivity (Wildman–Crippen MR) is 80.4 cm³/mol. The summed E-state index contributed by atoms with van der Waals surface area (Å²) in [6, 6.07) is 2.30. The van der Waals surface area contributed by atoms with Crippen molar-refractivity contribution < 1.29 is 23.8 Å². The third-order valence-corrected chi connectivity index (χ3v) is 2.56. The number of rotatable bonds is 7. The lowest BCUT2D eigenvalue weighted by Gasteiger charge is -2.12. The number of carbonyl (C=O) groups is 2. The Hall–Kier alpha value is -2.48. The smallest absolute Gasteiger partial charge is 0.344 e. The Morgan fingerprint density at radius 1 is 1.45 bits per heavy atom. The number of urea groups is 1. The molecule has 0 bridgehead atoms. The van der Waals surface area contributed by atoms with Crippen LogP contribution < -0.4 is 20.6 Å². The number of nitrogens with two attached hydrogens (primary N) is 1. The van der Waals surface area contributed by atoms with Gasteiger partial charge >= 0.3 is 12.0 Å². The number of nitrogens with zero attached hydrogens (tertiary/aromatic N) is 1. The molecule has 1 aromatic rings. The molecular formula is C13H16ClN3O5. The zero-order valence-corrected chi connectivity index (χ0v) is 12.8. The first-order valence-electron chi connectivity index (χ1n) is 6.22. The van der Waals surface area contributed by atoms with Crippen LogP contribution in [0.15, 0.2) is 17.2 Å². The van der Waals surface area contributed by atoms with Gasteiger partial charge in [0.25, 0.3) is 0 Å². The highest BCUT2D eigenvalue weighted by atomic mass is 35.5. The number of hydrazone groups is 1. The first-order chi connectivity index (χ1) is 10.5. The molecule has 9 heteroatoms. The molecule has 0 unspecified atom stereocenters. The Labute approximate surface area is 132 Å². The van der Waals surface area contributed by atoms with Crippen LogP contribution in [0.25, 0.3) is 0 Å². The molecule has 0 heterocycles. The molecule has 1 aromatic carbocycles. The quantitative estimate of drug-likeness (QED) is 0.444. The van der Waals surface area contributed by atoms with Crippen LogP contribution in [0.1, 0.15) is 12.5 Å². The minimum Gasteiger partial charge on any atom is -0.493 e. The molecule has 0 fully saturated rings. The van der Waals surface area contributed by atoms with Crippen LogP contribution in [0.4, 0.5) is 4.79 Å². The third-order valence-electron chi connectivity index (χ3n) is 2.28. The van der Waals surface area contributed by atoms with E-state index in [0.717, 1.165) is 0 Å². The van der Waals surface area contributed by atoms with Crippen molar-refractivity contribution in [3.8, 4) is 11.5 Å². The fourth-order valence-electron chi connectivity index (χ4n) is 1.46. The second kappa shape index (κ2) is 8.73. The Morgan fingerprint density at radius 3 is 2.77 bits per heavy atom. The molecule has 2 amide bonds. The number of hydrogen-bond donors (Lipinski definition) is 2. The number of methoxy groups -OCH3 is 1. The van der Waals surface area contributed by atoms with Gasteiger partial charge in [0.2, 0.25) is 0 Å². The van der Waals surface area contributed by atoms with E-state index in [2.05, 4.69) is 10.5 Å². The first-order valence-corrected chi connectivity index (χ1v) is 6.60. The van der Waals surface area contributed by atoms with Gasteiger partial charge in [0, 0.05) is 0 Å². The van der Waals surface area contributed by atoms with Gasteiger partial charge in [0.1, 0.15) is 0 Å². The average molecular weight is 330 g/mol. The van der Waals surface area contributed by atoms with Crippen LogP contribution in [-0.4, -0.2) is 38.5 Å². The van der Waals surface area contributed by atoms with Crippen molar-refractivity contribution in [2.24, 2.45) is 10.8 Å². The SMILES string of the molecule is CCOC(=O)COc1c(Cl)cc(C=NNC(N)=O)cc1OC. The number of amides is 2. The highest BCUT2D eigenvalue weighted by molar-refractivity contribution is 6.32. The molecular weight excluding hydrogens is 314 g/mol. The fourth-order valence-corrected chi connectivity index (χ4v) is 1.73. The molecule has 0 saturated carbocycles. The van der Waals surface area contributed by atoms with E-state index in [-0.39, 0.29) is 24.0 Å². The zero-order chi connectivity index (χ0) is 16.5. The summed E-state index contributed by atoms with van der Waals surface area (Å²) >= 11 is 6.08. The Balaban J connectivity index is 2.88. The molecule has 0 aliphatic rings. The number of esters is 1. The van der Waals surface area contributed by atoms with Crippen molar-refractivity contribution in [3.63, 3.8) is 0 Å². The summed E-state index contributed by atoms with van der Waals surface area (Å²) < 4.78 is 15.2. The Kier molecular flexibility index (Phi) is 6.97.